The topological polar surface area (TPSA) is 86.3 Å². The first-order valence-corrected chi connectivity index (χ1v) is 6.72. The van der Waals surface area contributed by atoms with Crippen LogP contribution in [0.25, 0.3) is 0 Å². The molecular weight excluding hydrogens is 244 g/mol. The molecule has 1 aliphatic rings. The van der Waals surface area contributed by atoms with Gasteiger partial charge in [0.2, 0.25) is 0 Å². The van der Waals surface area contributed by atoms with E-state index in [0.29, 0.717) is 12.6 Å². The smallest absolute Gasteiger partial charge is 0.172 e. The van der Waals surface area contributed by atoms with Crippen molar-refractivity contribution in [2.24, 2.45) is 0 Å². The molecule has 1 aliphatic carbocycles. The summed E-state index contributed by atoms with van der Waals surface area (Å²) >= 11 is 0. The summed E-state index contributed by atoms with van der Waals surface area (Å²) in [6.45, 7) is 4.27. The van der Waals surface area contributed by atoms with Crippen molar-refractivity contribution >= 4 is 0 Å². The molecule has 0 aliphatic heterocycles. The van der Waals surface area contributed by atoms with E-state index in [2.05, 4.69) is 38.1 Å². The van der Waals surface area contributed by atoms with Crippen molar-refractivity contribution in [2.45, 2.75) is 51.9 Å². The molecule has 8 heteroatoms. The Bertz CT molecular complexity index is 526. The van der Waals surface area contributed by atoms with Gasteiger partial charge in [-0.15, -0.1) is 10.2 Å². The molecule has 0 atom stereocenters. The Morgan fingerprint density at radius 2 is 2.21 bits per heavy atom. The Balaban J connectivity index is 1.60. The third-order valence-electron chi connectivity index (χ3n) is 3.08. The summed E-state index contributed by atoms with van der Waals surface area (Å²) in [6, 6.07) is 0.682. The number of nitrogens with one attached hydrogen (secondary N) is 1. The van der Waals surface area contributed by atoms with Gasteiger partial charge in [-0.2, -0.15) is 0 Å². The second-order valence-corrected chi connectivity index (χ2v) is 4.88. The summed E-state index contributed by atoms with van der Waals surface area (Å²) in [5.74, 6) is 0.813. The molecule has 2 heterocycles. The Kier molecular flexibility index (Phi) is 3.49. The van der Waals surface area contributed by atoms with Crippen LogP contribution >= 0.6 is 0 Å². The van der Waals surface area contributed by atoms with Gasteiger partial charge in [-0.1, -0.05) is 12.1 Å². The van der Waals surface area contributed by atoms with Crippen LogP contribution in [0.4, 0.5) is 0 Å². The molecule has 0 amide bonds. The van der Waals surface area contributed by atoms with Crippen molar-refractivity contribution in [1.82, 2.24) is 40.5 Å². The van der Waals surface area contributed by atoms with Crippen LogP contribution in [0.3, 0.4) is 0 Å². The highest BCUT2D eigenvalue weighted by Gasteiger charge is 2.20. The molecule has 1 fully saturated rings. The van der Waals surface area contributed by atoms with E-state index in [1.807, 2.05) is 10.9 Å². The van der Waals surface area contributed by atoms with Crippen molar-refractivity contribution < 1.29 is 0 Å². The van der Waals surface area contributed by atoms with Crippen LogP contribution in [0.1, 0.15) is 37.7 Å². The number of nitrogens with zero attached hydrogens (tertiary/aromatic N) is 7. The molecule has 3 rings (SSSR count). The van der Waals surface area contributed by atoms with Gasteiger partial charge in [-0.05, 0) is 29.7 Å². The highest BCUT2D eigenvalue weighted by molar-refractivity contribution is 4.95. The van der Waals surface area contributed by atoms with E-state index in [1.54, 1.807) is 4.68 Å². The average Bonchev–Trinajstić information content (AvgIpc) is 2.98. The summed E-state index contributed by atoms with van der Waals surface area (Å²) < 4.78 is 3.59. The molecule has 0 bridgehead atoms. The van der Waals surface area contributed by atoms with Crippen LogP contribution in [0.5, 0.6) is 0 Å². The second-order valence-electron chi connectivity index (χ2n) is 4.88. The van der Waals surface area contributed by atoms with Gasteiger partial charge in [-0.25, -0.2) is 9.36 Å². The fourth-order valence-electron chi connectivity index (χ4n) is 1.90. The molecule has 0 unspecified atom stereocenters. The number of hydrogen-bond acceptors (Lipinski definition) is 6. The van der Waals surface area contributed by atoms with Crippen LogP contribution in [0, 0.1) is 0 Å². The molecule has 1 saturated carbocycles. The Labute approximate surface area is 111 Å². The van der Waals surface area contributed by atoms with Crippen molar-refractivity contribution in [1.29, 1.82) is 0 Å². The van der Waals surface area contributed by atoms with Gasteiger partial charge in [0.15, 0.2) is 5.82 Å². The molecule has 0 aromatic carbocycles. The number of aromatic nitrogens is 7. The van der Waals surface area contributed by atoms with Crippen molar-refractivity contribution in [3.8, 4) is 0 Å². The van der Waals surface area contributed by atoms with Gasteiger partial charge >= 0.3 is 0 Å². The van der Waals surface area contributed by atoms with Crippen molar-refractivity contribution in [3.05, 3.63) is 17.7 Å². The number of tetrazole rings is 1. The van der Waals surface area contributed by atoms with E-state index in [4.69, 9.17) is 0 Å². The van der Waals surface area contributed by atoms with E-state index in [9.17, 15) is 0 Å². The highest BCUT2D eigenvalue weighted by atomic mass is 15.6. The average molecular weight is 262 g/mol. The summed E-state index contributed by atoms with van der Waals surface area (Å²) in [7, 11) is 0. The van der Waals surface area contributed by atoms with E-state index in [0.717, 1.165) is 31.0 Å². The Morgan fingerprint density at radius 3 is 3.00 bits per heavy atom. The molecule has 102 valence electrons. The predicted octanol–water partition coefficient (Wildman–Crippen LogP) is -0.0251. The first-order valence-electron chi connectivity index (χ1n) is 6.72. The van der Waals surface area contributed by atoms with Crippen LogP contribution in [-0.4, -0.2) is 41.2 Å². The maximum absolute atomic E-state index is 4.14. The largest absolute Gasteiger partial charge is 0.308 e. The highest BCUT2D eigenvalue weighted by Crippen LogP contribution is 2.18. The predicted molar refractivity (Wildman–Crippen MR) is 67.1 cm³/mol. The van der Waals surface area contributed by atoms with E-state index < -0.39 is 0 Å². The van der Waals surface area contributed by atoms with Crippen LogP contribution in [-0.2, 0) is 19.6 Å². The minimum Gasteiger partial charge on any atom is -0.308 e. The van der Waals surface area contributed by atoms with E-state index in [-0.39, 0.29) is 0 Å². The summed E-state index contributed by atoms with van der Waals surface area (Å²) in [5, 5.41) is 23.3. The zero-order chi connectivity index (χ0) is 13.1. The molecule has 2 aromatic heterocycles. The minimum atomic E-state index is 0.559. The second kappa shape index (κ2) is 5.43. The van der Waals surface area contributed by atoms with Gasteiger partial charge in [0, 0.05) is 19.1 Å². The number of rotatable bonds is 7. The SMILES string of the molecule is CCCn1nnnc1Cn1cc(CNC2CC2)nn1. The standard InChI is InChI=1S/C11H18N8/c1-2-5-19-11(14-15-17-19)8-18-7-10(13-16-18)6-12-9-3-4-9/h7,9,12H,2-6,8H2,1H3. The Morgan fingerprint density at radius 1 is 1.32 bits per heavy atom. The molecule has 0 spiro atoms. The fraction of sp³-hybridized carbons (Fsp3) is 0.727. The zero-order valence-electron chi connectivity index (χ0n) is 11.0. The third kappa shape index (κ3) is 3.14. The summed E-state index contributed by atoms with van der Waals surface area (Å²) in [6.07, 6.45) is 5.51. The molecule has 19 heavy (non-hydrogen) atoms. The fourth-order valence-corrected chi connectivity index (χ4v) is 1.90. The van der Waals surface area contributed by atoms with Crippen LogP contribution < -0.4 is 5.32 Å². The summed E-state index contributed by atoms with van der Waals surface area (Å²) in [5.41, 5.74) is 0.960. The Hall–Kier alpha value is -1.83. The molecule has 0 saturated heterocycles. The first kappa shape index (κ1) is 12.2. The maximum atomic E-state index is 4.14. The van der Waals surface area contributed by atoms with Gasteiger partial charge in [0.05, 0.1) is 11.9 Å². The van der Waals surface area contributed by atoms with Crippen LogP contribution in [0.15, 0.2) is 6.20 Å². The molecule has 0 radical (unpaired) electrons. The lowest BCUT2D eigenvalue weighted by Gasteiger charge is -2.01. The number of hydrogen-bond donors (Lipinski definition) is 1. The molecular formula is C11H18N8. The quantitative estimate of drug-likeness (QED) is 0.754. The first-order chi connectivity index (χ1) is 9.35. The third-order valence-corrected chi connectivity index (χ3v) is 3.08. The lowest BCUT2D eigenvalue weighted by atomic mass is 10.4. The van der Waals surface area contributed by atoms with Gasteiger partial charge in [0.25, 0.3) is 0 Å². The normalized spacial score (nSPS) is 15.0. The van der Waals surface area contributed by atoms with Gasteiger partial charge in [0.1, 0.15) is 6.54 Å². The monoisotopic (exact) mass is 262 g/mol. The minimum absolute atomic E-state index is 0.559. The number of aryl methyl sites for hydroxylation is 1. The lowest BCUT2D eigenvalue weighted by molar-refractivity contribution is 0.526. The van der Waals surface area contributed by atoms with E-state index in [1.165, 1.54) is 12.8 Å². The van der Waals surface area contributed by atoms with Gasteiger partial charge in [-0.3, -0.25) is 0 Å². The lowest BCUT2D eigenvalue weighted by Crippen LogP contribution is -2.15. The van der Waals surface area contributed by atoms with Gasteiger partial charge < -0.3 is 5.32 Å². The molecule has 8 nitrogen and oxygen atoms in total. The molecule has 2 aromatic rings. The zero-order valence-corrected chi connectivity index (χ0v) is 11.0. The van der Waals surface area contributed by atoms with Crippen molar-refractivity contribution in [3.63, 3.8) is 0 Å². The maximum Gasteiger partial charge on any atom is 0.172 e. The summed E-state index contributed by atoms with van der Waals surface area (Å²) in [4.78, 5) is 0. The molecule has 1 N–H and O–H groups in total. The van der Waals surface area contributed by atoms with Crippen molar-refractivity contribution in [2.75, 3.05) is 0 Å². The van der Waals surface area contributed by atoms with E-state index >= 15 is 0 Å². The van der Waals surface area contributed by atoms with Crippen LogP contribution in [0.2, 0.25) is 0 Å².